The van der Waals surface area contributed by atoms with E-state index in [0.717, 1.165) is 36.6 Å². The van der Waals surface area contributed by atoms with Crippen molar-refractivity contribution in [2.24, 2.45) is 17.8 Å². The van der Waals surface area contributed by atoms with E-state index >= 15 is 0 Å². The molecule has 2 aromatic rings. The first-order valence-corrected chi connectivity index (χ1v) is 8.77. The average Bonchev–Trinajstić information content (AvgIpc) is 3.28. The highest BCUT2D eigenvalue weighted by Crippen LogP contribution is 2.58. The zero-order chi connectivity index (χ0) is 16.5. The molecule has 6 nitrogen and oxygen atoms in total. The third kappa shape index (κ3) is 1.73. The Bertz CT molecular complexity index is 864. The molecule has 5 heterocycles. The van der Waals surface area contributed by atoms with Gasteiger partial charge in [0.25, 0.3) is 0 Å². The molecule has 0 N–H and O–H groups in total. The summed E-state index contributed by atoms with van der Waals surface area (Å²) in [7, 11) is 0. The van der Waals surface area contributed by atoms with E-state index in [-0.39, 0.29) is 5.92 Å². The van der Waals surface area contributed by atoms with Gasteiger partial charge in [-0.1, -0.05) is 6.92 Å². The van der Waals surface area contributed by atoms with Crippen molar-refractivity contribution in [1.29, 1.82) is 5.26 Å². The molecular weight excluding hydrogens is 302 g/mol. The molecule has 0 amide bonds. The van der Waals surface area contributed by atoms with Gasteiger partial charge in [-0.25, -0.2) is 9.50 Å². The Morgan fingerprint density at radius 1 is 1.46 bits per heavy atom. The lowest BCUT2D eigenvalue weighted by Gasteiger charge is -2.38. The maximum absolute atomic E-state index is 9.44. The molecule has 2 aromatic heterocycles. The SMILES string of the molecule is Cc1cc(N2CCC(C)C2)cn2nc(C34CC(CO3)C4C#N)nc12. The van der Waals surface area contributed by atoms with Gasteiger partial charge in [0.05, 0.1) is 30.5 Å². The summed E-state index contributed by atoms with van der Waals surface area (Å²) >= 11 is 0. The van der Waals surface area contributed by atoms with Gasteiger partial charge in [-0.3, -0.25) is 0 Å². The van der Waals surface area contributed by atoms with E-state index in [1.54, 1.807) is 0 Å². The fourth-order valence-electron chi connectivity index (χ4n) is 4.57. The van der Waals surface area contributed by atoms with Gasteiger partial charge in [0.15, 0.2) is 11.5 Å². The molecule has 6 heteroatoms. The summed E-state index contributed by atoms with van der Waals surface area (Å²) in [6, 6.07) is 4.60. The molecule has 24 heavy (non-hydrogen) atoms. The van der Waals surface area contributed by atoms with Crippen molar-refractivity contribution in [3.8, 4) is 6.07 Å². The van der Waals surface area contributed by atoms with Crippen molar-refractivity contribution in [3.63, 3.8) is 0 Å². The molecule has 4 aliphatic rings. The van der Waals surface area contributed by atoms with Crippen LogP contribution in [0.25, 0.3) is 5.65 Å². The molecule has 4 unspecified atom stereocenters. The fourth-order valence-corrected chi connectivity index (χ4v) is 4.57. The van der Waals surface area contributed by atoms with Gasteiger partial charge >= 0.3 is 0 Å². The summed E-state index contributed by atoms with van der Waals surface area (Å²) in [5, 5.41) is 14.2. The number of anilines is 1. The number of nitrogens with zero attached hydrogens (tertiary/aromatic N) is 5. The first-order valence-electron chi connectivity index (χ1n) is 8.77. The number of nitriles is 1. The first kappa shape index (κ1) is 14.2. The van der Waals surface area contributed by atoms with Gasteiger partial charge in [-0.15, -0.1) is 5.10 Å². The minimum Gasteiger partial charge on any atom is -0.370 e. The van der Waals surface area contributed by atoms with Crippen LogP contribution in [0.1, 0.15) is 31.2 Å². The Kier molecular flexibility index (Phi) is 2.79. The fraction of sp³-hybridized carbons (Fsp3) is 0.611. The second kappa shape index (κ2) is 4.70. The van der Waals surface area contributed by atoms with E-state index in [0.29, 0.717) is 18.3 Å². The van der Waals surface area contributed by atoms with E-state index in [4.69, 9.17) is 14.8 Å². The lowest BCUT2D eigenvalue weighted by atomic mass is 9.64. The Morgan fingerprint density at radius 3 is 3.04 bits per heavy atom. The highest BCUT2D eigenvalue weighted by molar-refractivity contribution is 5.57. The van der Waals surface area contributed by atoms with Gasteiger partial charge in [0, 0.05) is 19.0 Å². The van der Waals surface area contributed by atoms with Crippen molar-refractivity contribution in [2.75, 3.05) is 24.6 Å². The number of hydrogen-bond acceptors (Lipinski definition) is 5. The number of fused-ring (bicyclic) bond motifs is 2. The molecule has 0 aromatic carbocycles. The van der Waals surface area contributed by atoms with Crippen LogP contribution in [0.4, 0.5) is 5.69 Å². The molecule has 124 valence electrons. The first-order chi connectivity index (χ1) is 11.6. The van der Waals surface area contributed by atoms with Crippen molar-refractivity contribution < 1.29 is 4.74 Å². The summed E-state index contributed by atoms with van der Waals surface area (Å²) < 4.78 is 7.82. The van der Waals surface area contributed by atoms with Crippen LogP contribution in [0, 0.1) is 36.0 Å². The molecule has 1 aliphatic carbocycles. The summed E-state index contributed by atoms with van der Waals surface area (Å²) in [5.74, 6) is 1.66. The second-order valence-electron chi connectivity index (χ2n) is 7.70. The number of pyridine rings is 1. The molecular formula is C18H21N5O. The average molecular weight is 323 g/mol. The smallest absolute Gasteiger partial charge is 0.184 e. The number of rotatable bonds is 2. The van der Waals surface area contributed by atoms with Gasteiger partial charge in [-0.05, 0) is 37.3 Å². The minimum absolute atomic E-state index is 0.103. The summed E-state index contributed by atoms with van der Waals surface area (Å²) in [5.41, 5.74) is 2.62. The van der Waals surface area contributed by atoms with E-state index in [1.807, 2.05) is 4.52 Å². The highest BCUT2D eigenvalue weighted by Gasteiger charge is 2.64. The van der Waals surface area contributed by atoms with E-state index in [2.05, 4.69) is 37.1 Å². The largest absolute Gasteiger partial charge is 0.370 e. The number of hydrogen-bond donors (Lipinski definition) is 0. The van der Waals surface area contributed by atoms with Crippen LogP contribution in [0.15, 0.2) is 12.3 Å². The zero-order valence-electron chi connectivity index (χ0n) is 14.1. The summed E-state index contributed by atoms with van der Waals surface area (Å²) in [6.45, 7) is 7.22. The minimum atomic E-state index is -0.569. The van der Waals surface area contributed by atoms with Crippen LogP contribution < -0.4 is 4.90 Å². The number of aromatic nitrogens is 3. The zero-order valence-corrected chi connectivity index (χ0v) is 14.1. The standard InChI is InChI=1S/C18H21N5O/c1-11-3-4-22(8-11)14-5-12(2)16-20-17(21-23(16)9-14)18-6-13(10-24-18)15(18)7-19/h5,9,11,13,15H,3-4,6,8,10H2,1-2H3. The molecule has 4 fully saturated rings. The topological polar surface area (TPSA) is 66.5 Å². The summed E-state index contributed by atoms with van der Waals surface area (Å²) in [6.07, 6.45) is 4.18. The summed E-state index contributed by atoms with van der Waals surface area (Å²) in [4.78, 5) is 7.16. The van der Waals surface area contributed by atoms with E-state index < -0.39 is 5.60 Å². The van der Waals surface area contributed by atoms with Crippen molar-refractivity contribution in [2.45, 2.75) is 32.3 Å². The van der Waals surface area contributed by atoms with Crippen LogP contribution in [0.5, 0.6) is 0 Å². The van der Waals surface area contributed by atoms with Crippen LogP contribution in [-0.4, -0.2) is 34.3 Å². The van der Waals surface area contributed by atoms with Crippen LogP contribution in [0.3, 0.4) is 0 Å². The molecule has 6 rings (SSSR count). The normalized spacial score (nSPS) is 34.5. The van der Waals surface area contributed by atoms with Crippen LogP contribution in [-0.2, 0) is 10.3 Å². The monoisotopic (exact) mass is 323 g/mol. The second-order valence-corrected chi connectivity index (χ2v) is 7.70. The Morgan fingerprint density at radius 2 is 2.33 bits per heavy atom. The van der Waals surface area contributed by atoms with Gasteiger partial charge in [0.1, 0.15) is 5.60 Å². The molecule has 0 radical (unpaired) electrons. The Hall–Kier alpha value is -2.13. The maximum Gasteiger partial charge on any atom is 0.184 e. The molecule has 0 spiro atoms. The molecule has 3 saturated heterocycles. The van der Waals surface area contributed by atoms with Crippen LogP contribution >= 0.6 is 0 Å². The predicted octanol–water partition coefficient (Wildman–Crippen LogP) is 2.27. The lowest BCUT2D eigenvalue weighted by molar-refractivity contribution is -0.0420. The third-order valence-corrected chi connectivity index (χ3v) is 6.00. The van der Waals surface area contributed by atoms with E-state index in [1.165, 1.54) is 12.1 Å². The van der Waals surface area contributed by atoms with Crippen molar-refractivity contribution in [1.82, 2.24) is 14.6 Å². The third-order valence-electron chi connectivity index (χ3n) is 6.00. The van der Waals surface area contributed by atoms with Gasteiger partial charge in [-0.2, -0.15) is 5.26 Å². The van der Waals surface area contributed by atoms with Crippen molar-refractivity contribution >= 4 is 11.3 Å². The molecule has 2 bridgehead atoms. The molecule has 1 saturated carbocycles. The number of aryl methyl sites for hydroxylation is 1. The van der Waals surface area contributed by atoms with Gasteiger partial charge < -0.3 is 9.64 Å². The number of ether oxygens (including phenoxy) is 1. The maximum atomic E-state index is 9.44. The van der Waals surface area contributed by atoms with Crippen LogP contribution in [0.2, 0.25) is 0 Å². The van der Waals surface area contributed by atoms with Crippen molar-refractivity contribution in [3.05, 3.63) is 23.7 Å². The van der Waals surface area contributed by atoms with E-state index in [9.17, 15) is 5.26 Å². The Balaban J connectivity index is 1.57. The quantitative estimate of drug-likeness (QED) is 0.848. The molecule has 4 atom stereocenters. The lowest BCUT2D eigenvalue weighted by Crippen LogP contribution is -2.45. The Labute approximate surface area is 141 Å². The van der Waals surface area contributed by atoms with Gasteiger partial charge in [0.2, 0.25) is 0 Å². The predicted molar refractivity (Wildman–Crippen MR) is 88.6 cm³/mol. The molecule has 3 aliphatic heterocycles. The highest BCUT2D eigenvalue weighted by atomic mass is 16.5.